The van der Waals surface area contributed by atoms with Crippen LogP contribution in [0.25, 0.3) is 0 Å². The number of aliphatic hydroxyl groups is 1. The standard InChI is InChI=1S/C9H15N3O/c1-9(10-2,3-6-13)8-7-11-4-5-12-8/h4-5,7,10,13H,3,6H2,1-2H3. The average Bonchev–Trinajstić information content (AvgIpc) is 2.19. The number of hydrogen-bond donors (Lipinski definition) is 2. The smallest absolute Gasteiger partial charge is 0.0785 e. The molecular weight excluding hydrogens is 166 g/mol. The average molecular weight is 181 g/mol. The van der Waals surface area contributed by atoms with Crippen LogP contribution in [-0.4, -0.2) is 28.7 Å². The molecule has 0 bridgehead atoms. The molecule has 1 rings (SSSR count). The summed E-state index contributed by atoms with van der Waals surface area (Å²) in [5.74, 6) is 0. The Balaban J connectivity index is 2.89. The van der Waals surface area contributed by atoms with Gasteiger partial charge in [-0.2, -0.15) is 0 Å². The van der Waals surface area contributed by atoms with Crippen LogP contribution in [0.4, 0.5) is 0 Å². The summed E-state index contributed by atoms with van der Waals surface area (Å²) < 4.78 is 0. The molecular formula is C9H15N3O. The highest BCUT2D eigenvalue weighted by atomic mass is 16.3. The van der Waals surface area contributed by atoms with Crippen molar-refractivity contribution in [2.75, 3.05) is 13.7 Å². The van der Waals surface area contributed by atoms with Gasteiger partial charge in [-0.1, -0.05) is 0 Å². The molecule has 1 atom stereocenters. The van der Waals surface area contributed by atoms with E-state index in [1.54, 1.807) is 18.6 Å². The van der Waals surface area contributed by atoms with Gasteiger partial charge < -0.3 is 10.4 Å². The first-order valence-corrected chi connectivity index (χ1v) is 4.29. The van der Waals surface area contributed by atoms with E-state index in [9.17, 15) is 0 Å². The fourth-order valence-corrected chi connectivity index (χ4v) is 1.19. The molecule has 0 aliphatic rings. The minimum Gasteiger partial charge on any atom is -0.396 e. The van der Waals surface area contributed by atoms with Crippen LogP contribution in [0.15, 0.2) is 18.6 Å². The van der Waals surface area contributed by atoms with Gasteiger partial charge in [0.15, 0.2) is 0 Å². The maximum absolute atomic E-state index is 8.91. The van der Waals surface area contributed by atoms with Crippen molar-refractivity contribution in [3.63, 3.8) is 0 Å². The first kappa shape index (κ1) is 10.1. The summed E-state index contributed by atoms with van der Waals surface area (Å²) in [7, 11) is 1.85. The summed E-state index contributed by atoms with van der Waals surface area (Å²) >= 11 is 0. The zero-order valence-corrected chi connectivity index (χ0v) is 7.99. The lowest BCUT2D eigenvalue weighted by atomic mass is 9.95. The third kappa shape index (κ3) is 2.23. The highest BCUT2D eigenvalue weighted by Gasteiger charge is 2.25. The van der Waals surface area contributed by atoms with Crippen molar-refractivity contribution in [1.82, 2.24) is 15.3 Å². The predicted molar refractivity (Wildman–Crippen MR) is 50.1 cm³/mol. The van der Waals surface area contributed by atoms with Gasteiger partial charge in [0.25, 0.3) is 0 Å². The molecule has 1 heterocycles. The van der Waals surface area contributed by atoms with Crippen LogP contribution in [-0.2, 0) is 5.54 Å². The number of hydrogen-bond acceptors (Lipinski definition) is 4. The molecule has 1 aromatic rings. The fourth-order valence-electron chi connectivity index (χ4n) is 1.19. The van der Waals surface area contributed by atoms with Crippen molar-refractivity contribution < 1.29 is 5.11 Å². The molecule has 1 unspecified atom stereocenters. The van der Waals surface area contributed by atoms with Gasteiger partial charge in [0.05, 0.1) is 17.4 Å². The molecule has 0 fully saturated rings. The van der Waals surface area contributed by atoms with Crippen LogP contribution >= 0.6 is 0 Å². The van der Waals surface area contributed by atoms with E-state index < -0.39 is 0 Å². The normalized spacial score (nSPS) is 15.3. The summed E-state index contributed by atoms with van der Waals surface area (Å²) in [5.41, 5.74) is 0.565. The molecule has 1 aromatic heterocycles. The van der Waals surface area contributed by atoms with Crippen LogP contribution in [0, 0.1) is 0 Å². The molecule has 0 aliphatic heterocycles. The molecule has 0 aliphatic carbocycles. The quantitative estimate of drug-likeness (QED) is 0.701. The zero-order chi connectivity index (χ0) is 9.73. The Morgan fingerprint density at radius 3 is 2.77 bits per heavy atom. The first-order valence-electron chi connectivity index (χ1n) is 4.29. The number of aliphatic hydroxyl groups excluding tert-OH is 1. The second-order valence-corrected chi connectivity index (χ2v) is 3.15. The lowest BCUT2D eigenvalue weighted by molar-refractivity contribution is 0.225. The Morgan fingerprint density at radius 2 is 2.31 bits per heavy atom. The molecule has 0 amide bonds. The summed E-state index contributed by atoms with van der Waals surface area (Å²) in [4.78, 5) is 8.20. The van der Waals surface area contributed by atoms with Gasteiger partial charge in [-0.25, -0.2) is 0 Å². The molecule has 0 aromatic carbocycles. The molecule has 13 heavy (non-hydrogen) atoms. The molecule has 0 radical (unpaired) electrons. The van der Waals surface area contributed by atoms with Gasteiger partial charge in [0, 0.05) is 19.0 Å². The molecule has 0 saturated carbocycles. The van der Waals surface area contributed by atoms with Gasteiger partial charge in [0.1, 0.15) is 0 Å². The number of rotatable bonds is 4. The minimum atomic E-state index is -0.289. The molecule has 4 nitrogen and oxygen atoms in total. The lowest BCUT2D eigenvalue weighted by Gasteiger charge is -2.27. The zero-order valence-electron chi connectivity index (χ0n) is 7.99. The van der Waals surface area contributed by atoms with E-state index in [4.69, 9.17) is 5.11 Å². The van der Waals surface area contributed by atoms with Crippen LogP contribution in [0.3, 0.4) is 0 Å². The predicted octanol–water partition coefficient (Wildman–Crippen LogP) is 0.294. The SMILES string of the molecule is CNC(C)(CCO)c1cnccn1. The van der Waals surface area contributed by atoms with E-state index in [1.807, 2.05) is 14.0 Å². The van der Waals surface area contributed by atoms with E-state index in [0.717, 1.165) is 5.69 Å². The van der Waals surface area contributed by atoms with Crippen molar-refractivity contribution in [2.45, 2.75) is 18.9 Å². The Kier molecular flexibility index (Phi) is 3.33. The topological polar surface area (TPSA) is 58.0 Å². The number of nitrogens with one attached hydrogen (secondary N) is 1. The first-order chi connectivity index (χ1) is 6.23. The van der Waals surface area contributed by atoms with Crippen molar-refractivity contribution in [1.29, 1.82) is 0 Å². The van der Waals surface area contributed by atoms with Gasteiger partial charge in [0.2, 0.25) is 0 Å². The Bertz CT molecular complexity index is 252. The van der Waals surface area contributed by atoms with Crippen LogP contribution in [0.1, 0.15) is 19.0 Å². The molecule has 0 saturated heterocycles. The highest BCUT2D eigenvalue weighted by Crippen LogP contribution is 2.20. The van der Waals surface area contributed by atoms with Gasteiger partial charge in [-0.15, -0.1) is 0 Å². The van der Waals surface area contributed by atoms with E-state index in [1.165, 1.54) is 0 Å². The van der Waals surface area contributed by atoms with E-state index in [0.29, 0.717) is 6.42 Å². The van der Waals surface area contributed by atoms with Crippen LogP contribution < -0.4 is 5.32 Å². The van der Waals surface area contributed by atoms with Crippen LogP contribution in [0.5, 0.6) is 0 Å². The summed E-state index contributed by atoms with van der Waals surface area (Å²) in [6.45, 7) is 2.13. The molecule has 0 spiro atoms. The minimum absolute atomic E-state index is 0.133. The van der Waals surface area contributed by atoms with Crippen molar-refractivity contribution in [3.05, 3.63) is 24.3 Å². The second-order valence-electron chi connectivity index (χ2n) is 3.15. The van der Waals surface area contributed by atoms with Gasteiger partial charge in [-0.05, 0) is 20.4 Å². The van der Waals surface area contributed by atoms with E-state index in [2.05, 4.69) is 15.3 Å². The lowest BCUT2D eigenvalue weighted by Crippen LogP contribution is -2.38. The Morgan fingerprint density at radius 1 is 1.54 bits per heavy atom. The maximum Gasteiger partial charge on any atom is 0.0785 e. The number of aromatic nitrogens is 2. The second kappa shape index (κ2) is 4.30. The summed E-state index contributed by atoms with van der Waals surface area (Å²) in [6, 6.07) is 0. The maximum atomic E-state index is 8.91. The van der Waals surface area contributed by atoms with E-state index >= 15 is 0 Å². The third-order valence-electron chi connectivity index (χ3n) is 2.29. The van der Waals surface area contributed by atoms with Gasteiger partial charge in [-0.3, -0.25) is 9.97 Å². The van der Waals surface area contributed by atoms with Crippen LogP contribution in [0.2, 0.25) is 0 Å². The molecule has 2 N–H and O–H groups in total. The third-order valence-corrected chi connectivity index (χ3v) is 2.29. The highest BCUT2D eigenvalue weighted by molar-refractivity contribution is 5.09. The van der Waals surface area contributed by atoms with Crippen molar-refractivity contribution >= 4 is 0 Å². The van der Waals surface area contributed by atoms with E-state index in [-0.39, 0.29) is 12.1 Å². The number of nitrogens with zero attached hydrogens (tertiary/aromatic N) is 2. The fraction of sp³-hybridized carbons (Fsp3) is 0.556. The van der Waals surface area contributed by atoms with Crippen molar-refractivity contribution in [3.8, 4) is 0 Å². The monoisotopic (exact) mass is 181 g/mol. The molecule has 72 valence electrons. The largest absolute Gasteiger partial charge is 0.396 e. The summed E-state index contributed by atoms with van der Waals surface area (Å²) in [6.07, 6.45) is 5.63. The molecule has 4 heteroatoms. The summed E-state index contributed by atoms with van der Waals surface area (Å²) in [5, 5.41) is 12.0. The Hall–Kier alpha value is -1.00. The van der Waals surface area contributed by atoms with Gasteiger partial charge >= 0.3 is 0 Å². The Labute approximate surface area is 78.0 Å². The van der Waals surface area contributed by atoms with Crippen molar-refractivity contribution in [2.24, 2.45) is 0 Å².